The zero-order chi connectivity index (χ0) is 15.0. The van der Waals surface area contributed by atoms with E-state index < -0.39 is 12.0 Å². The van der Waals surface area contributed by atoms with E-state index >= 15 is 0 Å². The molecule has 7 nitrogen and oxygen atoms in total. The van der Waals surface area contributed by atoms with Gasteiger partial charge in [0.1, 0.15) is 0 Å². The van der Waals surface area contributed by atoms with Gasteiger partial charge in [0.25, 0.3) is 0 Å². The summed E-state index contributed by atoms with van der Waals surface area (Å²) in [6.45, 7) is 3.82. The molecule has 1 amide bonds. The largest absolute Gasteiger partial charge is 0.481 e. The lowest BCUT2D eigenvalue weighted by Crippen LogP contribution is -2.53. The minimum absolute atomic E-state index is 0.0148. The van der Waals surface area contributed by atoms with E-state index in [4.69, 9.17) is 15.6 Å². The Morgan fingerprint density at radius 1 is 1.30 bits per heavy atom. The summed E-state index contributed by atoms with van der Waals surface area (Å²) in [6, 6.07) is -0.462. The molecule has 0 aromatic carbocycles. The molecule has 1 heterocycles. The van der Waals surface area contributed by atoms with Crippen LogP contribution in [0.1, 0.15) is 19.3 Å². The summed E-state index contributed by atoms with van der Waals surface area (Å²) < 4.78 is 4.94. The topological polar surface area (TPSA) is 96.1 Å². The van der Waals surface area contributed by atoms with Gasteiger partial charge in [0.2, 0.25) is 5.91 Å². The third kappa shape index (κ3) is 5.85. The maximum atomic E-state index is 12.1. The zero-order valence-electron chi connectivity index (χ0n) is 12.1. The first-order valence-corrected chi connectivity index (χ1v) is 7.02. The Bertz CT molecular complexity index is 317. The van der Waals surface area contributed by atoms with Gasteiger partial charge in [-0.05, 0) is 12.8 Å². The molecule has 0 aliphatic carbocycles. The Morgan fingerprint density at radius 2 is 1.95 bits per heavy atom. The zero-order valence-corrected chi connectivity index (χ0v) is 12.1. The highest BCUT2D eigenvalue weighted by Crippen LogP contribution is 2.06. The summed E-state index contributed by atoms with van der Waals surface area (Å²) in [4.78, 5) is 26.5. The van der Waals surface area contributed by atoms with Crippen molar-refractivity contribution in [1.29, 1.82) is 0 Å². The van der Waals surface area contributed by atoms with Crippen molar-refractivity contribution < 1.29 is 19.4 Å². The smallest absolute Gasteiger partial charge is 0.304 e. The van der Waals surface area contributed by atoms with E-state index in [1.54, 1.807) is 12.0 Å². The summed E-state index contributed by atoms with van der Waals surface area (Å²) in [5.74, 6) is -0.803. The second kappa shape index (κ2) is 8.89. The quantitative estimate of drug-likeness (QED) is 0.576. The Labute approximate surface area is 119 Å². The third-order valence-corrected chi connectivity index (χ3v) is 3.51. The number of methoxy groups -OCH3 is 1. The van der Waals surface area contributed by atoms with Crippen molar-refractivity contribution in [1.82, 2.24) is 9.80 Å². The van der Waals surface area contributed by atoms with E-state index in [0.29, 0.717) is 45.8 Å². The van der Waals surface area contributed by atoms with Crippen LogP contribution >= 0.6 is 0 Å². The first kappa shape index (κ1) is 16.9. The monoisotopic (exact) mass is 287 g/mol. The number of carboxylic acid groups (broad SMARTS) is 1. The van der Waals surface area contributed by atoms with E-state index in [9.17, 15) is 9.59 Å². The highest BCUT2D eigenvalue weighted by molar-refractivity contribution is 5.81. The number of aliphatic carboxylic acids is 1. The van der Waals surface area contributed by atoms with E-state index in [1.807, 2.05) is 0 Å². The second-order valence-electron chi connectivity index (χ2n) is 5.05. The molecule has 1 rings (SSSR count). The highest BCUT2D eigenvalue weighted by atomic mass is 16.5. The van der Waals surface area contributed by atoms with Gasteiger partial charge >= 0.3 is 5.97 Å². The molecule has 1 aliphatic rings. The Morgan fingerprint density at radius 3 is 2.50 bits per heavy atom. The van der Waals surface area contributed by atoms with E-state index in [-0.39, 0.29) is 12.3 Å². The summed E-state index contributed by atoms with van der Waals surface area (Å²) in [5.41, 5.74) is 5.88. The Kier molecular flexibility index (Phi) is 7.50. The fourth-order valence-corrected chi connectivity index (χ4v) is 2.25. The molecule has 20 heavy (non-hydrogen) atoms. The molecule has 0 saturated carbocycles. The fourth-order valence-electron chi connectivity index (χ4n) is 2.25. The van der Waals surface area contributed by atoms with Crippen molar-refractivity contribution in [2.45, 2.75) is 25.3 Å². The SMILES string of the molecule is COCCCC(N)C(=O)N1CCN(CCC(=O)O)CC1. The highest BCUT2D eigenvalue weighted by Gasteiger charge is 2.24. The van der Waals surface area contributed by atoms with Gasteiger partial charge in [0.05, 0.1) is 12.5 Å². The Hall–Kier alpha value is -1.18. The number of nitrogens with zero attached hydrogens (tertiary/aromatic N) is 2. The van der Waals surface area contributed by atoms with Crippen molar-refractivity contribution in [2.24, 2.45) is 5.73 Å². The van der Waals surface area contributed by atoms with E-state index in [1.165, 1.54) is 0 Å². The maximum Gasteiger partial charge on any atom is 0.304 e. The van der Waals surface area contributed by atoms with Gasteiger partial charge < -0.3 is 20.5 Å². The molecule has 1 aliphatic heterocycles. The van der Waals surface area contributed by atoms with Crippen molar-refractivity contribution >= 4 is 11.9 Å². The van der Waals surface area contributed by atoms with Crippen LogP contribution in [0.15, 0.2) is 0 Å². The van der Waals surface area contributed by atoms with Crippen molar-refractivity contribution in [2.75, 3.05) is 46.4 Å². The molecular weight excluding hydrogens is 262 g/mol. The molecule has 7 heteroatoms. The van der Waals surface area contributed by atoms with Crippen LogP contribution in [0, 0.1) is 0 Å². The second-order valence-corrected chi connectivity index (χ2v) is 5.05. The van der Waals surface area contributed by atoms with E-state index in [0.717, 1.165) is 6.42 Å². The molecule has 3 N–H and O–H groups in total. The van der Waals surface area contributed by atoms with Crippen LogP contribution in [0.5, 0.6) is 0 Å². The number of carbonyl (C=O) groups excluding carboxylic acids is 1. The average Bonchev–Trinajstić information content (AvgIpc) is 2.45. The molecule has 1 atom stereocenters. The predicted molar refractivity (Wildman–Crippen MR) is 74.4 cm³/mol. The molecular formula is C13H25N3O4. The molecule has 0 bridgehead atoms. The standard InChI is InChI=1S/C13H25N3O4/c1-20-10-2-3-11(14)13(19)16-8-6-15(7-9-16)5-4-12(17)18/h11H,2-10,14H2,1H3,(H,17,18). The van der Waals surface area contributed by atoms with Crippen molar-refractivity contribution in [3.05, 3.63) is 0 Å². The summed E-state index contributed by atoms with van der Waals surface area (Å²) in [6.07, 6.45) is 1.55. The van der Waals surface area contributed by atoms with Crippen LogP contribution in [-0.2, 0) is 14.3 Å². The number of carbonyl (C=O) groups is 2. The van der Waals surface area contributed by atoms with E-state index in [2.05, 4.69) is 4.90 Å². The van der Waals surface area contributed by atoms with Crippen LogP contribution in [0.25, 0.3) is 0 Å². The molecule has 116 valence electrons. The predicted octanol–water partition coefficient (Wildman–Crippen LogP) is -0.641. The van der Waals surface area contributed by atoms with Gasteiger partial charge in [-0.15, -0.1) is 0 Å². The van der Waals surface area contributed by atoms with Crippen LogP contribution in [0.3, 0.4) is 0 Å². The van der Waals surface area contributed by atoms with Crippen LogP contribution in [0.4, 0.5) is 0 Å². The minimum Gasteiger partial charge on any atom is -0.481 e. The van der Waals surface area contributed by atoms with Gasteiger partial charge in [-0.1, -0.05) is 0 Å². The van der Waals surface area contributed by atoms with Crippen LogP contribution in [0.2, 0.25) is 0 Å². The van der Waals surface area contributed by atoms with Crippen molar-refractivity contribution in [3.63, 3.8) is 0 Å². The Balaban J connectivity index is 2.26. The number of rotatable bonds is 8. The third-order valence-electron chi connectivity index (χ3n) is 3.51. The number of hydrogen-bond donors (Lipinski definition) is 2. The number of ether oxygens (including phenoxy) is 1. The number of amides is 1. The summed E-state index contributed by atoms with van der Waals surface area (Å²) in [5, 5.41) is 8.64. The van der Waals surface area contributed by atoms with Crippen LogP contribution in [-0.4, -0.2) is 79.3 Å². The van der Waals surface area contributed by atoms with Crippen molar-refractivity contribution in [3.8, 4) is 0 Å². The lowest BCUT2D eigenvalue weighted by molar-refractivity contribution is -0.138. The van der Waals surface area contributed by atoms with Crippen LogP contribution < -0.4 is 5.73 Å². The summed E-state index contributed by atoms with van der Waals surface area (Å²) in [7, 11) is 1.63. The number of piperazine rings is 1. The molecule has 0 aromatic heterocycles. The molecule has 0 spiro atoms. The maximum absolute atomic E-state index is 12.1. The molecule has 1 unspecified atom stereocenters. The first-order chi connectivity index (χ1) is 9.54. The molecule has 0 radical (unpaired) electrons. The fraction of sp³-hybridized carbons (Fsp3) is 0.846. The molecule has 1 fully saturated rings. The van der Waals surface area contributed by atoms with Gasteiger partial charge in [-0.25, -0.2) is 0 Å². The number of carboxylic acids is 1. The van der Waals surface area contributed by atoms with Gasteiger partial charge in [0.15, 0.2) is 0 Å². The normalized spacial score (nSPS) is 18.0. The number of nitrogens with two attached hydrogens (primary N) is 1. The van der Waals surface area contributed by atoms with Gasteiger partial charge in [-0.3, -0.25) is 14.5 Å². The summed E-state index contributed by atoms with van der Waals surface area (Å²) >= 11 is 0. The minimum atomic E-state index is -0.788. The molecule has 0 aromatic rings. The average molecular weight is 287 g/mol. The lowest BCUT2D eigenvalue weighted by atomic mass is 10.1. The lowest BCUT2D eigenvalue weighted by Gasteiger charge is -2.35. The van der Waals surface area contributed by atoms with Gasteiger partial charge in [-0.2, -0.15) is 0 Å². The number of hydrogen-bond acceptors (Lipinski definition) is 5. The molecule has 1 saturated heterocycles. The van der Waals surface area contributed by atoms with Gasteiger partial charge in [0, 0.05) is 46.4 Å². The first-order valence-electron chi connectivity index (χ1n) is 7.02.